The molecule has 0 bridgehead atoms. The summed E-state index contributed by atoms with van der Waals surface area (Å²) in [6.07, 6.45) is 1.40. The Balaban J connectivity index is 1.91. The molecule has 1 aromatic carbocycles. The topological polar surface area (TPSA) is 84.9 Å². The first-order chi connectivity index (χ1) is 11.5. The molecule has 0 saturated carbocycles. The van der Waals surface area contributed by atoms with E-state index in [4.69, 9.17) is 9.47 Å². The molecule has 24 heavy (non-hydrogen) atoms. The van der Waals surface area contributed by atoms with Gasteiger partial charge in [-0.15, -0.1) is 0 Å². The van der Waals surface area contributed by atoms with Gasteiger partial charge in [-0.25, -0.2) is 0 Å². The van der Waals surface area contributed by atoms with Crippen LogP contribution in [-0.2, 0) is 14.3 Å². The van der Waals surface area contributed by atoms with Gasteiger partial charge >= 0.3 is 5.97 Å². The van der Waals surface area contributed by atoms with Crippen LogP contribution in [0.15, 0.2) is 24.3 Å². The molecule has 7 heteroatoms. The van der Waals surface area contributed by atoms with Crippen molar-refractivity contribution in [3.63, 3.8) is 0 Å². The van der Waals surface area contributed by atoms with Crippen LogP contribution in [0, 0.1) is 0 Å². The second kappa shape index (κ2) is 8.44. The maximum absolute atomic E-state index is 12.5. The molecule has 130 valence electrons. The van der Waals surface area contributed by atoms with E-state index in [9.17, 15) is 14.4 Å². The van der Waals surface area contributed by atoms with Crippen molar-refractivity contribution in [1.29, 1.82) is 0 Å². The molecule has 0 aromatic heterocycles. The Morgan fingerprint density at radius 3 is 2.58 bits per heavy atom. The fourth-order valence-electron chi connectivity index (χ4n) is 2.67. The summed E-state index contributed by atoms with van der Waals surface area (Å²) in [4.78, 5) is 36.8. The van der Waals surface area contributed by atoms with Crippen molar-refractivity contribution in [2.45, 2.75) is 25.8 Å². The highest BCUT2D eigenvalue weighted by atomic mass is 16.5. The van der Waals surface area contributed by atoms with Crippen molar-refractivity contribution < 1.29 is 23.9 Å². The third kappa shape index (κ3) is 5.06. The quantitative estimate of drug-likeness (QED) is 0.641. The van der Waals surface area contributed by atoms with Gasteiger partial charge in [0.25, 0.3) is 5.91 Å². The van der Waals surface area contributed by atoms with Gasteiger partial charge in [0.2, 0.25) is 5.91 Å². The average molecular weight is 334 g/mol. The molecule has 0 unspecified atom stereocenters. The first-order valence-electron chi connectivity index (χ1n) is 7.85. The highest BCUT2D eigenvalue weighted by molar-refractivity contribution is 5.94. The van der Waals surface area contributed by atoms with E-state index in [1.165, 1.54) is 14.0 Å². The van der Waals surface area contributed by atoms with Gasteiger partial charge in [-0.3, -0.25) is 14.4 Å². The van der Waals surface area contributed by atoms with Crippen LogP contribution >= 0.6 is 0 Å². The minimum absolute atomic E-state index is 0.0437. The molecule has 1 heterocycles. The SMILES string of the molecule is COCC(=O)NC1CCN(C(=O)c2cccc(OC(C)=O)c2)CC1. The van der Waals surface area contributed by atoms with E-state index in [1.54, 1.807) is 29.2 Å². The summed E-state index contributed by atoms with van der Waals surface area (Å²) in [5.74, 6) is -0.315. The van der Waals surface area contributed by atoms with Crippen LogP contribution < -0.4 is 10.1 Å². The molecule has 1 saturated heterocycles. The largest absolute Gasteiger partial charge is 0.427 e. The molecule has 2 rings (SSSR count). The Bertz CT molecular complexity index is 609. The summed E-state index contributed by atoms with van der Waals surface area (Å²) in [7, 11) is 1.48. The number of benzene rings is 1. The van der Waals surface area contributed by atoms with Crippen molar-refractivity contribution in [2.24, 2.45) is 0 Å². The van der Waals surface area contributed by atoms with E-state index in [0.29, 0.717) is 37.2 Å². The summed E-state index contributed by atoms with van der Waals surface area (Å²) in [6, 6.07) is 6.64. The number of carbonyl (C=O) groups is 3. The van der Waals surface area contributed by atoms with Gasteiger partial charge in [0.05, 0.1) is 0 Å². The Morgan fingerprint density at radius 2 is 1.96 bits per heavy atom. The minimum atomic E-state index is -0.424. The predicted molar refractivity (Wildman–Crippen MR) is 86.7 cm³/mol. The van der Waals surface area contributed by atoms with Gasteiger partial charge in [-0.2, -0.15) is 0 Å². The summed E-state index contributed by atoms with van der Waals surface area (Å²) < 4.78 is 9.80. The normalized spacial score (nSPS) is 15.0. The molecular formula is C17H22N2O5. The smallest absolute Gasteiger partial charge is 0.308 e. The number of likely N-dealkylation sites (tertiary alicyclic amines) is 1. The zero-order valence-corrected chi connectivity index (χ0v) is 13.9. The molecule has 0 radical (unpaired) electrons. The zero-order chi connectivity index (χ0) is 17.5. The van der Waals surface area contributed by atoms with Gasteiger partial charge < -0.3 is 19.7 Å². The third-order valence-corrected chi connectivity index (χ3v) is 3.77. The number of piperidine rings is 1. The average Bonchev–Trinajstić information content (AvgIpc) is 2.55. The van der Waals surface area contributed by atoms with Gasteiger partial charge in [0.15, 0.2) is 0 Å². The molecule has 0 spiro atoms. The standard InChI is InChI=1S/C17H22N2O5/c1-12(20)24-15-5-3-4-13(10-15)17(22)19-8-6-14(7-9-19)18-16(21)11-23-2/h3-5,10,14H,6-9,11H2,1-2H3,(H,18,21). The lowest BCUT2D eigenvalue weighted by Gasteiger charge is -2.32. The first-order valence-corrected chi connectivity index (χ1v) is 7.85. The molecule has 0 aliphatic carbocycles. The maximum atomic E-state index is 12.5. The summed E-state index contributed by atoms with van der Waals surface area (Å²) in [6.45, 7) is 2.49. The van der Waals surface area contributed by atoms with Crippen molar-refractivity contribution in [2.75, 3.05) is 26.8 Å². The number of nitrogens with zero attached hydrogens (tertiary/aromatic N) is 1. The number of hydrogen-bond acceptors (Lipinski definition) is 5. The van der Waals surface area contributed by atoms with Crippen LogP contribution in [0.3, 0.4) is 0 Å². The Morgan fingerprint density at radius 1 is 1.25 bits per heavy atom. The van der Waals surface area contributed by atoms with Crippen LogP contribution in [0.2, 0.25) is 0 Å². The summed E-state index contributed by atoms with van der Waals surface area (Å²) >= 11 is 0. The number of hydrogen-bond donors (Lipinski definition) is 1. The Hall–Kier alpha value is -2.41. The predicted octanol–water partition coefficient (Wildman–Crippen LogP) is 0.979. The molecule has 1 aromatic rings. The Kier molecular flexibility index (Phi) is 6.31. The Labute approximate surface area is 140 Å². The van der Waals surface area contributed by atoms with E-state index in [0.717, 1.165) is 0 Å². The van der Waals surface area contributed by atoms with Crippen molar-refractivity contribution in [1.82, 2.24) is 10.2 Å². The number of nitrogens with one attached hydrogen (secondary N) is 1. The van der Waals surface area contributed by atoms with Gasteiger partial charge in [-0.1, -0.05) is 6.07 Å². The zero-order valence-electron chi connectivity index (χ0n) is 13.9. The number of carbonyl (C=O) groups excluding carboxylic acids is 3. The van der Waals surface area contributed by atoms with E-state index < -0.39 is 5.97 Å². The van der Waals surface area contributed by atoms with Crippen LogP contribution in [0.1, 0.15) is 30.1 Å². The van der Waals surface area contributed by atoms with E-state index in [1.807, 2.05) is 0 Å². The maximum Gasteiger partial charge on any atom is 0.308 e. The van der Waals surface area contributed by atoms with E-state index in [-0.39, 0.29) is 24.5 Å². The first kappa shape index (κ1) is 17.9. The van der Waals surface area contributed by atoms with Crippen LogP contribution in [0.4, 0.5) is 0 Å². The minimum Gasteiger partial charge on any atom is -0.427 e. The molecule has 2 amide bonds. The van der Waals surface area contributed by atoms with Gasteiger partial charge in [0, 0.05) is 38.7 Å². The molecule has 1 aliphatic rings. The molecular weight excluding hydrogens is 312 g/mol. The molecule has 1 N–H and O–H groups in total. The lowest BCUT2D eigenvalue weighted by Crippen LogP contribution is -2.47. The van der Waals surface area contributed by atoms with Gasteiger partial charge in [0.1, 0.15) is 12.4 Å². The van der Waals surface area contributed by atoms with Gasteiger partial charge in [-0.05, 0) is 31.0 Å². The number of amides is 2. The monoisotopic (exact) mass is 334 g/mol. The molecule has 0 atom stereocenters. The highest BCUT2D eigenvalue weighted by Crippen LogP contribution is 2.18. The lowest BCUT2D eigenvalue weighted by atomic mass is 10.0. The second-order valence-electron chi connectivity index (χ2n) is 5.69. The fraction of sp³-hybridized carbons (Fsp3) is 0.471. The van der Waals surface area contributed by atoms with Crippen LogP contribution in [0.5, 0.6) is 5.75 Å². The van der Waals surface area contributed by atoms with E-state index >= 15 is 0 Å². The second-order valence-corrected chi connectivity index (χ2v) is 5.69. The number of ether oxygens (including phenoxy) is 2. The third-order valence-electron chi connectivity index (χ3n) is 3.77. The lowest BCUT2D eigenvalue weighted by molar-refractivity contribution is -0.132. The summed E-state index contributed by atoms with van der Waals surface area (Å²) in [5, 5.41) is 2.89. The van der Waals surface area contributed by atoms with Crippen LogP contribution in [-0.4, -0.2) is 55.5 Å². The molecule has 7 nitrogen and oxygen atoms in total. The fourth-order valence-corrected chi connectivity index (χ4v) is 2.67. The summed E-state index contributed by atoms with van der Waals surface area (Å²) in [5.41, 5.74) is 0.482. The van der Waals surface area contributed by atoms with Crippen molar-refractivity contribution >= 4 is 17.8 Å². The van der Waals surface area contributed by atoms with Crippen molar-refractivity contribution in [3.05, 3.63) is 29.8 Å². The van der Waals surface area contributed by atoms with E-state index in [2.05, 4.69) is 5.32 Å². The molecule has 1 aliphatic heterocycles. The highest BCUT2D eigenvalue weighted by Gasteiger charge is 2.24. The number of methoxy groups -OCH3 is 1. The number of rotatable bonds is 5. The number of esters is 1. The molecule has 1 fully saturated rings. The van der Waals surface area contributed by atoms with Crippen LogP contribution in [0.25, 0.3) is 0 Å². The van der Waals surface area contributed by atoms with Crippen molar-refractivity contribution in [3.8, 4) is 5.75 Å².